The Labute approximate surface area is 86.2 Å². The number of carbonyl (C=O) groups is 1. The molecule has 0 aromatic carbocycles. The molecule has 1 aliphatic rings. The lowest BCUT2D eigenvalue weighted by molar-refractivity contribution is -0.171. The number of carbonyl (C=O) groups excluding carboxylic acids is 1. The third-order valence-electron chi connectivity index (χ3n) is 2.86. The average Bonchev–Trinajstić information content (AvgIpc) is 2.82. The molecule has 0 aromatic rings. The number of rotatable bonds is 3. The lowest BCUT2D eigenvalue weighted by atomic mass is 10.0. The summed E-state index contributed by atoms with van der Waals surface area (Å²) in [5.74, 6) is -1.23. The lowest BCUT2D eigenvalue weighted by Gasteiger charge is -2.24. The Morgan fingerprint density at radius 2 is 1.87 bits per heavy atom. The van der Waals surface area contributed by atoms with Crippen LogP contribution in [0.2, 0.25) is 0 Å². The predicted octanol–water partition coefficient (Wildman–Crippen LogP) is 1.18. The van der Waals surface area contributed by atoms with E-state index in [-0.39, 0.29) is 12.8 Å². The van der Waals surface area contributed by atoms with E-state index in [9.17, 15) is 18.0 Å². The molecule has 3 N–H and O–H groups in total. The molecule has 1 rings (SSSR count). The van der Waals surface area contributed by atoms with Crippen molar-refractivity contribution in [2.24, 2.45) is 11.7 Å². The first-order valence-corrected chi connectivity index (χ1v) is 4.84. The summed E-state index contributed by atoms with van der Waals surface area (Å²) in [7, 11) is 0. The highest BCUT2D eigenvalue weighted by atomic mass is 19.4. The fourth-order valence-corrected chi connectivity index (χ4v) is 1.19. The van der Waals surface area contributed by atoms with Crippen LogP contribution in [-0.4, -0.2) is 23.7 Å². The first-order chi connectivity index (χ1) is 6.69. The van der Waals surface area contributed by atoms with E-state index < -0.39 is 29.6 Å². The zero-order valence-electron chi connectivity index (χ0n) is 8.69. The van der Waals surface area contributed by atoms with Gasteiger partial charge in [0.2, 0.25) is 5.91 Å². The lowest BCUT2D eigenvalue weighted by Crippen LogP contribution is -2.51. The van der Waals surface area contributed by atoms with Crippen molar-refractivity contribution in [2.75, 3.05) is 0 Å². The van der Waals surface area contributed by atoms with Gasteiger partial charge in [0.05, 0.1) is 0 Å². The van der Waals surface area contributed by atoms with Crippen molar-refractivity contribution >= 4 is 5.91 Å². The Morgan fingerprint density at radius 3 is 2.13 bits per heavy atom. The van der Waals surface area contributed by atoms with Gasteiger partial charge in [-0.3, -0.25) is 4.79 Å². The van der Waals surface area contributed by atoms with Crippen molar-refractivity contribution in [3.8, 4) is 0 Å². The van der Waals surface area contributed by atoms with Crippen LogP contribution in [0.25, 0.3) is 0 Å². The van der Waals surface area contributed by atoms with Crippen LogP contribution in [-0.2, 0) is 4.79 Å². The van der Waals surface area contributed by atoms with Gasteiger partial charge in [0.25, 0.3) is 0 Å². The molecule has 0 aliphatic heterocycles. The summed E-state index contributed by atoms with van der Waals surface area (Å²) in [6.45, 7) is 3.11. The molecule has 1 aliphatic carbocycles. The zero-order valence-corrected chi connectivity index (χ0v) is 8.69. The Kier molecular flexibility index (Phi) is 3.00. The Balaban J connectivity index is 2.60. The van der Waals surface area contributed by atoms with Gasteiger partial charge in [-0.25, -0.2) is 0 Å². The van der Waals surface area contributed by atoms with E-state index in [0.717, 1.165) is 0 Å². The maximum absolute atomic E-state index is 12.5. The maximum atomic E-state index is 12.5. The third kappa shape index (κ3) is 2.42. The topological polar surface area (TPSA) is 55.1 Å². The molecule has 0 spiro atoms. The molecule has 0 radical (unpaired) electrons. The molecular weight excluding hydrogens is 209 g/mol. The maximum Gasteiger partial charge on any atom is 0.411 e. The van der Waals surface area contributed by atoms with Crippen LogP contribution in [0, 0.1) is 5.92 Å². The van der Waals surface area contributed by atoms with Gasteiger partial charge in [-0.15, -0.1) is 0 Å². The van der Waals surface area contributed by atoms with Crippen LogP contribution in [0.5, 0.6) is 0 Å². The average molecular weight is 224 g/mol. The monoisotopic (exact) mass is 224 g/mol. The quantitative estimate of drug-likeness (QED) is 0.756. The molecule has 0 heterocycles. The smallest absolute Gasteiger partial charge is 0.342 e. The molecule has 1 saturated carbocycles. The van der Waals surface area contributed by atoms with Crippen molar-refractivity contribution in [3.63, 3.8) is 0 Å². The Bertz CT molecular complexity index is 259. The minimum Gasteiger partial charge on any atom is -0.342 e. The highest BCUT2D eigenvalue weighted by molar-refractivity contribution is 5.80. The van der Waals surface area contributed by atoms with Gasteiger partial charge in [-0.05, 0) is 19.8 Å². The van der Waals surface area contributed by atoms with Crippen molar-refractivity contribution in [1.29, 1.82) is 0 Å². The predicted molar refractivity (Wildman–Crippen MR) is 49.0 cm³/mol. The van der Waals surface area contributed by atoms with Crippen LogP contribution in [0.1, 0.15) is 26.7 Å². The van der Waals surface area contributed by atoms with Crippen LogP contribution in [0.4, 0.5) is 13.2 Å². The van der Waals surface area contributed by atoms with Crippen LogP contribution < -0.4 is 11.1 Å². The molecular formula is C9H15F3N2O. The minimum absolute atomic E-state index is 0.0338. The first kappa shape index (κ1) is 12.3. The normalized spacial score (nSPS) is 23.1. The second-order valence-corrected chi connectivity index (χ2v) is 4.22. The number of alkyl halides is 3. The number of halogens is 3. The summed E-state index contributed by atoms with van der Waals surface area (Å²) in [4.78, 5) is 11.4. The largest absolute Gasteiger partial charge is 0.411 e. The third-order valence-corrected chi connectivity index (χ3v) is 2.86. The minimum atomic E-state index is -4.36. The molecule has 0 bridgehead atoms. The van der Waals surface area contributed by atoms with Crippen molar-refractivity contribution in [2.45, 2.75) is 44.4 Å². The number of nitrogens with one attached hydrogen (secondary N) is 1. The SMILES string of the molecule is CC(N)C(C)C(=O)NC1(C(F)(F)F)CC1. The van der Waals surface area contributed by atoms with Gasteiger partial charge in [-0.1, -0.05) is 6.92 Å². The number of hydrogen-bond donors (Lipinski definition) is 2. The summed E-state index contributed by atoms with van der Waals surface area (Å²) in [6.07, 6.45) is -4.43. The molecule has 2 unspecified atom stereocenters. The number of hydrogen-bond acceptors (Lipinski definition) is 2. The standard InChI is InChI=1S/C9H15F3N2O/c1-5(6(2)13)7(15)14-8(3-4-8)9(10,11)12/h5-6H,3-4,13H2,1-2H3,(H,14,15). The summed E-state index contributed by atoms with van der Waals surface area (Å²) in [5, 5.41) is 2.04. The van der Waals surface area contributed by atoms with E-state index in [4.69, 9.17) is 5.73 Å². The fourth-order valence-electron chi connectivity index (χ4n) is 1.19. The number of amides is 1. The summed E-state index contributed by atoms with van der Waals surface area (Å²) >= 11 is 0. The van der Waals surface area contributed by atoms with E-state index in [0.29, 0.717) is 0 Å². The first-order valence-electron chi connectivity index (χ1n) is 4.84. The summed E-state index contributed by atoms with van der Waals surface area (Å²) in [5.41, 5.74) is 3.46. The Morgan fingerprint density at radius 1 is 1.40 bits per heavy atom. The van der Waals surface area contributed by atoms with E-state index in [1.807, 2.05) is 5.32 Å². The van der Waals surface area contributed by atoms with Crippen LogP contribution in [0.15, 0.2) is 0 Å². The second-order valence-electron chi connectivity index (χ2n) is 4.22. The molecule has 0 aromatic heterocycles. The molecule has 0 saturated heterocycles. The van der Waals surface area contributed by atoms with Gasteiger partial charge in [0.1, 0.15) is 5.54 Å². The van der Waals surface area contributed by atoms with E-state index >= 15 is 0 Å². The molecule has 1 fully saturated rings. The van der Waals surface area contributed by atoms with E-state index in [1.165, 1.54) is 6.92 Å². The molecule has 15 heavy (non-hydrogen) atoms. The Hall–Kier alpha value is -0.780. The molecule has 2 atom stereocenters. The molecule has 6 heteroatoms. The van der Waals surface area contributed by atoms with Gasteiger partial charge in [0, 0.05) is 12.0 Å². The van der Waals surface area contributed by atoms with Crippen molar-refractivity contribution in [1.82, 2.24) is 5.32 Å². The van der Waals surface area contributed by atoms with Crippen LogP contribution in [0.3, 0.4) is 0 Å². The highest BCUT2D eigenvalue weighted by Gasteiger charge is 2.64. The molecule has 88 valence electrons. The summed E-state index contributed by atoms with van der Waals surface area (Å²) < 4.78 is 37.4. The molecule has 1 amide bonds. The molecule has 3 nitrogen and oxygen atoms in total. The van der Waals surface area contributed by atoms with Gasteiger partial charge < -0.3 is 11.1 Å². The van der Waals surface area contributed by atoms with Gasteiger partial charge in [0.15, 0.2) is 0 Å². The van der Waals surface area contributed by atoms with Crippen LogP contribution >= 0.6 is 0 Å². The second kappa shape index (κ2) is 3.66. The van der Waals surface area contributed by atoms with Crippen molar-refractivity contribution in [3.05, 3.63) is 0 Å². The van der Waals surface area contributed by atoms with E-state index in [1.54, 1.807) is 6.92 Å². The van der Waals surface area contributed by atoms with Gasteiger partial charge in [-0.2, -0.15) is 13.2 Å². The van der Waals surface area contributed by atoms with Crippen molar-refractivity contribution < 1.29 is 18.0 Å². The number of nitrogens with two attached hydrogens (primary N) is 1. The fraction of sp³-hybridized carbons (Fsp3) is 0.889. The summed E-state index contributed by atoms with van der Waals surface area (Å²) in [6, 6.07) is -0.450. The zero-order chi connectivity index (χ0) is 11.9. The highest BCUT2D eigenvalue weighted by Crippen LogP contribution is 2.49. The van der Waals surface area contributed by atoms with Gasteiger partial charge >= 0.3 is 6.18 Å². The van der Waals surface area contributed by atoms with E-state index in [2.05, 4.69) is 0 Å².